The van der Waals surface area contributed by atoms with Crippen LogP contribution in [0.15, 0.2) is 83.8 Å². The van der Waals surface area contributed by atoms with Crippen LogP contribution in [0.2, 0.25) is 0 Å². The first-order chi connectivity index (χ1) is 13.0. The fourth-order valence-corrected chi connectivity index (χ4v) is 4.75. The number of rotatable bonds is 3. The van der Waals surface area contributed by atoms with E-state index in [1.54, 1.807) is 42.5 Å². The van der Waals surface area contributed by atoms with Crippen molar-refractivity contribution in [1.29, 1.82) is 0 Å². The van der Waals surface area contributed by atoms with Crippen LogP contribution in [0.4, 0.5) is 16.2 Å². The summed E-state index contributed by atoms with van der Waals surface area (Å²) in [5.41, 5.74) is 2.64. The lowest BCUT2D eigenvalue weighted by Gasteiger charge is -2.36. The van der Waals surface area contributed by atoms with Gasteiger partial charge in [0.1, 0.15) is 4.90 Å². The smallest absolute Gasteiger partial charge is 0.287 e. The van der Waals surface area contributed by atoms with Crippen LogP contribution in [0.5, 0.6) is 0 Å². The minimum absolute atomic E-state index is 0.126. The summed E-state index contributed by atoms with van der Waals surface area (Å²) in [5, 5.41) is 0. The Labute approximate surface area is 158 Å². The molecule has 3 aromatic carbocycles. The summed E-state index contributed by atoms with van der Waals surface area (Å²) in [6, 6.07) is 22.4. The van der Waals surface area contributed by atoms with Gasteiger partial charge in [0.2, 0.25) is 0 Å². The molecule has 1 aliphatic rings. The van der Waals surface area contributed by atoms with Crippen molar-refractivity contribution in [3.8, 4) is 0 Å². The number of hydrogen-bond donors (Lipinski definition) is 0. The van der Waals surface area contributed by atoms with E-state index in [0.29, 0.717) is 11.4 Å². The number of nitrogens with zero attached hydrogens (tertiary/aromatic N) is 2. The lowest BCUT2D eigenvalue weighted by molar-refractivity contribution is 0.253. The SMILES string of the molecule is Cc1ccc(N2C(=O)N(Cc3ccccc3)c3ccccc3S2(=O)=O)cc1. The molecule has 136 valence electrons. The number of sulfonamides is 1. The maximum absolute atomic E-state index is 13.3. The van der Waals surface area contributed by atoms with E-state index in [1.807, 2.05) is 37.3 Å². The van der Waals surface area contributed by atoms with Crippen LogP contribution in [0.1, 0.15) is 11.1 Å². The Morgan fingerprint density at radius 1 is 0.815 bits per heavy atom. The Hall–Kier alpha value is -3.12. The third-order valence-corrected chi connectivity index (χ3v) is 6.28. The molecule has 4 rings (SSSR count). The van der Waals surface area contributed by atoms with Crippen LogP contribution in [0, 0.1) is 6.92 Å². The second-order valence-electron chi connectivity index (χ2n) is 6.43. The second kappa shape index (κ2) is 6.55. The van der Waals surface area contributed by atoms with Gasteiger partial charge >= 0.3 is 6.03 Å². The molecule has 3 aromatic rings. The summed E-state index contributed by atoms with van der Waals surface area (Å²) in [7, 11) is -3.98. The van der Waals surface area contributed by atoms with E-state index in [2.05, 4.69) is 0 Å². The summed E-state index contributed by atoms with van der Waals surface area (Å²) in [4.78, 5) is 14.9. The van der Waals surface area contributed by atoms with Crippen LogP contribution in [0.25, 0.3) is 0 Å². The average molecular weight is 378 g/mol. The van der Waals surface area contributed by atoms with Crippen molar-refractivity contribution < 1.29 is 13.2 Å². The van der Waals surface area contributed by atoms with Gasteiger partial charge in [0, 0.05) is 0 Å². The maximum Gasteiger partial charge on any atom is 0.343 e. The van der Waals surface area contributed by atoms with Gasteiger partial charge in [-0.1, -0.05) is 60.2 Å². The van der Waals surface area contributed by atoms with Gasteiger partial charge in [0.25, 0.3) is 10.0 Å². The molecule has 0 saturated heterocycles. The number of benzene rings is 3. The molecule has 0 fully saturated rings. The Morgan fingerprint density at radius 3 is 2.15 bits per heavy atom. The van der Waals surface area contributed by atoms with Crippen molar-refractivity contribution in [2.24, 2.45) is 0 Å². The van der Waals surface area contributed by atoms with Gasteiger partial charge in [-0.3, -0.25) is 4.90 Å². The van der Waals surface area contributed by atoms with E-state index in [9.17, 15) is 13.2 Å². The number of urea groups is 1. The number of amides is 2. The van der Waals surface area contributed by atoms with E-state index in [0.717, 1.165) is 15.4 Å². The number of hydrogen-bond acceptors (Lipinski definition) is 3. The highest BCUT2D eigenvalue weighted by Gasteiger charge is 2.42. The van der Waals surface area contributed by atoms with E-state index >= 15 is 0 Å². The molecule has 0 radical (unpaired) electrons. The molecule has 0 spiro atoms. The largest absolute Gasteiger partial charge is 0.343 e. The topological polar surface area (TPSA) is 57.7 Å². The fraction of sp³-hybridized carbons (Fsp3) is 0.0952. The van der Waals surface area contributed by atoms with Crippen LogP contribution in [0.3, 0.4) is 0 Å². The molecular weight excluding hydrogens is 360 g/mol. The molecule has 0 aliphatic carbocycles. The lowest BCUT2D eigenvalue weighted by atomic mass is 10.2. The first kappa shape index (κ1) is 17.3. The Morgan fingerprint density at radius 2 is 1.44 bits per heavy atom. The summed E-state index contributed by atoms with van der Waals surface area (Å²) in [6.45, 7) is 2.20. The third-order valence-electron chi connectivity index (χ3n) is 4.53. The summed E-state index contributed by atoms with van der Waals surface area (Å²) >= 11 is 0. The number of anilines is 2. The van der Waals surface area contributed by atoms with E-state index in [1.165, 1.54) is 11.0 Å². The predicted octanol–water partition coefficient (Wildman–Crippen LogP) is 4.33. The Balaban J connectivity index is 1.87. The molecular formula is C21H18N2O3S. The zero-order valence-corrected chi connectivity index (χ0v) is 15.6. The molecule has 5 nitrogen and oxygen atoms in total. The van der Waals surface area contributed by atoms with Gasteiger partial charge in [-0.25, -0.2) is 13.2 Å². The quantitative estimate of drug-likeness (QED) is 0.682. The normalized spacial score (nSPS) is 15.5. The number of carbonyl (C=O) groups is 1. The van der Waals surface area contributed by atoms with Gasteiger partial charge < -0.3 is 0 Å². The summed E-state index contributed by atoms with van der Waals surface area (Å²) in [6.07, 6.45) is 0. The first-order valence-corrected chi connectivity index (χ1v) is 9.99. The van der Waals surface area contributed by atoms with Crippen LogP contribution in [-0.4, -0.2) is 14.4 Å². The standard InChI is InChI=1S/C21H18N2O3S/c1-16-11-13-18(14-12-16)23-21(24)22(15-17-7-3-2-4-8-17)19-9-5-6-10-20(19)27(23,25)26/h2-14H,15H2,1H3. The molecule has 0 atom stereocenters. The summed E-state index contributed by atoms with van der Waals surface area (Å²) in [5.74, 6) is 0. The lowest BCUT2D eigenvalue weighted by Crippen LogP contribution is -2.50. The molecule has 0 bridgehead atoms. The third kappa shape index (κ3) is 2.98. The number of para-hydroxylation sites is 1. The molecule has 27 heavy (non-hydrogen) atoms. The molecule has 1 aliphatic heterocycles. The van der Waals surface area contributed by atoms with Crippen LogP contribution in [-0.2, 0) is 16.6 Å². The Kier molecular flexibility index (Phi) is 4.20. The molecule has 6 heteroatoms. The minimum atomic E-state index is -3.98. The monoisotopic (exact) mass is 378 g/mol. The van der Waals surface area contributed by atoms with Crippen molar-refractivity contribution in [2.75, 3.05) is 9.21 Å². The zero-order valence-electron chi connectivity index (χ0n) is 14.7. The first-order valence-electron chi connectivity index (χ1n) is 8.55. The van der Waals surface area contributed by atoms with Crippen molar-refractivity contribution >= 4 is 27.4 Å². The molecule has 0 saturated carbocycles. The minimum Gasteiger partial charge on any atom is -0.287 e. The van der Waals surface area contributed by atoms with Crippen LogP contribution < -0.4 is 9.21 Å². The van der Waals surface area contributed by atoms with Crippen molar-refractivity contribution in [3.05, 3.63) is 90.0 Å². The van der Waals surface area contributed by atoms with Crippen molar-refractivity contribution in [1.82, 2.24) is 0 Å². The summed E-state index contributed by atoms with van der Waals surface area (Å²) < 4.78 is 27.2. The molecule has 0 unspecified atom stereocenters. The molecule has 0 aromatic heterocycles. The highest BCUT2D eigenvalue weighted by Crippen LogP contribution is 2.37. The second-order valence-corrected chi connectivity index (χ2v) is 8.18. The van der Waals surface area contributed by atoms with E-state index in [4.69, 9.17) is 0 Å². The van der Waals surface area contributed by atoms with Gasteiger partial charge in [0.05, 0.1) is 17.9 Å². The number of carbonyl (C=O) groups excluding carboxylic acids is 1. The van der Waals surface area contributed by atoms with Crippen molar-refractivity contribution in [3.63, 3.8) is 0 Å². The van der Waals surface area contributed by atoms with Gasteiger partial charge in [-0.2, -0.15) is 4.31 Å². The van der Waals surface area contributed by atoms with Gasteiger partial charge in [-0.15, -0.1) is 0 Å². The highest BCUT2D eigenvalue weighted by molar-refractivity contribution is 7.94. The van der Waals surface area contributed by atoms with Crippen LogP contribution >= 0.6 is 0 Å². The Bertz CT molecular complexity index is 1090. The highest BCUT2D eigenvalue weighted by atomic mass is 32.2. The number of fused-ring (bicyclic) bond motifs is 1. The fourth-order valence-electron chi connectivity index (χ4n) is 3.16. The molecule has 1 heterocycles. The number of aryl methyl sites for hydroxylation is 1. The molecule has 0 N–H and O–H groups in total. The van der Waals surface area contributed by atoms with Gasteiger partial charge in [0.15, 0.2) is 0 Å². The van der Waals surface area contributed by atoms with Crippen molar-refractivity contribution in [2.45, 2.75) is 18.4 Å². The van der Waals surface area contributed by atoms with E-state index < -0.39 is 16.1 Å². The predicted molar refractivity (Wildman–Crippen MR) is 105 cm³/mol. The van der Waals surface area contributed by atoms with E-state index in [-0.39, 0.29) is 11.4 Å². The average Bonchev–Trinajstić information content (AvgIpc) is 2.67. The zero-order chi connectivity index (χ0) is 19.0. The van der Waals surface area contributed by atoms with Gasteiger partial charge in [-0.05, 0) is 36.8 Å². The molecule has 2 amide bonds. The maximum atomic E-state index is 13.3.